The van der Waals surface area contributed by atoms with Gasteiger partial charge in [-0.1, -0.05) is 25.7 Å². The van der Waals surface area contributed by atoms with E-state index in [0.29, 0.717) is 6.61 Å². The Morgan fingerprint density at radius 2 is 2.14 bits per heavy atom. The van der Waals surface area contributed by atoms with Crippen LogP contribution in [0.4, 0.5) is 0 Å². The van der Waals surface area contributed by atoms with E-state index in [1.807, 2.05) is 6.92 Å². The smallest absolute Gasteiger partial charge is 0.245 e. The monoisotopic (exact) mass is 199 g/mol. The van der Waals surface area contributed by atoms with Crippen LogP contribution in [0.15, 0.2) is 0 Å². The van der Waals surface area contributed by atoms with Crippen molar-refractivity contribution in [2.45, 2.75) is 39.0 Å². The van der Waals surface area contributed by atoms with Crippen molar-refractivity contribution in [3.63, 3.8) is 0 Å². The van der Waals surface area contributed by atoms with Crippen LogP contribution in [0.2, 0.25) is 0 Å². The normalized spacial score (nSPS) is 17.2. The molecule has 82 valence electrons. The molecule has 1 saturated carbocycles. The molecule has 1 aliphatic rings. The Balaban J connectivity index is 1.94. The zero-order chi connectivity index (χ0) is 10.2. The molecule has 1 rings (SSSR count). The maximum atomic E-state index is 11.1. The molecule has 14 heavy (non-hydrogen) atoms. The highest BCUT2D eigenvalue weighted by Gasteiger charge is 2.14. The Bertz CT molecular complexity index is 165. The molecule has 0 radical (unpaired) electrons. The average molecular weight is 199 g/mol. The predicted octanol–water partition coefficient (Wildman–Crippen LogP) is 1.72. The van der Waals surface area contributed by atoms with E-state index in [1.54, 1.807) is 0 Å². The fourth-order valence-corrected chi connectivity index (χ4v) is 1.96. The fraction of sp³-hybridized carbons (Fsp3) is 0.909. The number of hydrogen-bond acceptors (Lipinski definition) is 2. The molecule has 0 aliphatic heterocycles. The van der Waals surface area contributed by atoms with Gasteiger partial charge in [0.1, 0.15) is 6.61 Å². The van der Waals surface area contributed by atoms with Gasteiger partial charge in [0, 0.05) is 13.2 Å². The number of amides is 1. The fourth-order valence-electron chi connectivity index (χ4n) is 1.96. The molecule has 0 atom stereocenters. The van der Waals surface area contributed by atoms with Crippen molar-refractivity contribution in [3.05, 3.63) is 0 Å². The van der Waals surface area contributed by atoms with Gasteiger partial charge in [0.05, 0.1) is 0 Å². The molecule has 0 bridgehead atoms. The lowest BCUT2D eigenvalue weighted by Crippen LogP contribution is -2.29. The van der Waals surface area contributed by atoms with E-state index in [9.17, 15) is 4.79 Å². The van der Waals surface area contributed by atoms with E-state index >= 15 is 0 Å². The van der Waals surface area contributed by atoms with Gasteiger partial charge in [0.2, 0.25) is 5.91 Å². The van der Waals surface area contributed by atoms with Gasteiger partial charge in [-0.05, 0) is 19.3 Å². The largest absolute Gasteiger partial charge is 0.372 e. The summed E-state index contributed by atoms with van der Waals surface area (Å²) in [5, 5.41) is 2.88. The summed E-state index contributed by atoms with van der Waals surface area (Å²) >= 11 is 0. The third-order valence-corrected chi connectivity index (χ3v) is 2.79. The van der Waals surface area contributed by atoms with Gasteiger partial charge in [0.15, 0.2) is 0 Å². The van der Waals surface area contributed by atoms with Crippen molar-refractivity contribution in [2.24, 2.45) is 5.92 Å². The van der Waals surface area contributed by atoms with Crippen molar-refractivity contribution in [1.82, 2.24) is 5.32 Å². The molecule has 0 aromatic heterocycles. The summed E-state index contributed by atoms with van der Waals surface area (Å²) in [6.07, 6.45) is 6.58. The summed E-state index contributed by atoms with van der Waals surface area (Å²) < 4.78 is 5.01. The average Bonchev–Trinajstić information content (AvgIpc) is 2.67. The minimum Gasteiger partial charge on any atom is -0.372 e. The van der Waals surface area contributed by atoms with Crippen LogP contribution in [0.3, 0.4) is 0 Å². The first-order chi connectivity index (χ1) is 6.83. The summed E-state index contributed by atoms with van der Waals surface area (Å²) in [4.78, 5) is 11.1. The van der Waals surface area contributed by atoms with Crippen LogP contribution in [0.25, 0.3) is 0 Å². The van der Waals surface area contributed by atoms with Crippen molar-refractivity contribution in [1.29, 1.82) is 0 Å². The molecular formula is C11H21NO2. The Kier molecular flexibility index (Phi) is 5.60. The molecule has 0 aromatic rings. The SMILES string of the molecule is CCOCC(=O)NCCC1CCCC1. The van der Waals surface area contributed by atoms with E-state index in [0.717, 1.165) is 18.9 Å². The molecule has 1 aliphatic carbocycles. The molecular weight excluding hydrogens is 178 g/mol. The van der Waals surface area contributed by atoms with Crippen LogP contribution in [0.5, 0.6) is 0 Å². The van der Waals surface area contributed by atoms with Gasteiger partial charge in [-0.15, -0.1) is 0 Å². The van der Waals surface area contributed by atoms with E-state index in [1.165, 1.54) is 25.7 Å². The standard InChI is InChI=1S/C11H21NO2/c1-2-14-9-11(13)12-8-7-10-5-3-4-6-10/h10H,2-9H2,1H3,(H,12,13). The van der Waals surface area contributed by atoms with E-state index < -0.39 is 0 Å². The van der Waals surface area contributed by atoms with Gasteiger partial charge < -0.3 is 10.1 Å². The number of hydrogen-bond donors (Lipinski definition) is 1. The zero-order valence-electron chi connectivity index (χ0n) is 9.05. The maximum Gasteiger partial charge on any atom is 0.245 e. The highest BCUT2D eigenvalue weighted by atomic mass is 16.5. The Hall–Kier alpha value is -0.570. The first-order valence-corrected chi connectivity index (χ1v) is 5.67. The summed E-state index contributed by atoms with van der Waals surface area (Å²) in [6, 6.07) is 0. The van der Waals surface area contributed by atoms with Crippen molar-refractivity contribution < 1.29 is 9.53 Å². The molecule has 1 amide bonds. The Morgan fingerprint density at radius 1 is 1.43 bits per heavy atom. The van der Waals surface area contributed by atoms with Gasteiger partial charge in [-0.3, -0.25) is 4.79 Å². The number of carbonyl (C=O) groups is 1. The molecule has 0 unspecified atom stereocenters. The number of carbonyl (C=O) groups excluding carboxylic acids is 1. The lowest BCUT2D eigenvalue weighted by molar-refractivity contribution is -0.125. The van der Waals surface area contributed by atoms with Crippen LogP contribution in [0, 0.1) is 5.92 Å². The first-order valence-electron chi connectivity index (χ1n) is 5.67. The molecule has 0 heterocycles. The predicted molar refractivity (Wildman–Crippen MR) is 56.1 cm³/mol. The lowest BCUT2D eigenvalue weighted by atomic mass is 10.0. The van der Waals surface area contributed by atoms with Gasteiger partial charge in [-0.2, -0.15) is 0 Å². The first kappa shape index (κ1) is 11.5. The minimum absolute atomic E-state index is 0.0184. The topological polar surface area (TPSA) is 38.3 Å². The second-order valence-corrected chi connectivity index (χ2v) is 3.93. The van der Waals surface area contributed by atoms with E-state index in [4.69, 9.17) is 4.74 Å². The van der Waals surface area contributed by atoms with Gasteiger partial charge in [-0.25, -0.2) is 0 Å². The molecule has 0 aromatic carbocycles. The van der Waals surface area contributed by atoms with Gasteiger partial charge >= 0.3 is 0 Å². The molecule has 3 nitrogen and oxygen atoms in total. The Labute approximate surface area is 86.2 Å². The highest BCUT2D eigenvalue weighted by molar-refractivity contribution is 5.77. The number of ether oxygens (including phenoxy) is 1. The third kappa shape index (κ3) is 4.61. The third-order valence-electron chi connectivity index (χ3n) is 2.79. The van der Waals surface area contributed by atoms with Crippen LogP contribution in [-0.4, -0.2) is 25.7 Å². The van der Waals surface area contributed by atoms with Crippen LogP contribution in [-0.2, 0) is 9.53 Å². The lowest BCUT2D eigenvalue weighted by Gasteiger charge is -2.09. The molecule has 1 fully saturated rings. The summed E-state index contributed by atoms with van der Waals surface area (Å²) in [6.45, 7) is 3.53. The minimum atomic E-state index is 0.0184. The Morgan fingerprint density at radius 3 is 2.79 bits per heavy atom. The molecule has 1 N–H and O–H groups in total. The zero-order valence-corrected chi connectivity index (χ0v) is 9.05. The summed E-state index contributed by atoms with van der Waals surface area (Å²) in [5.41, 5.74) is 0. The molecule has 0 spiro atoms. The van der Waals surface area contributed by atoms with Crippen molar-refractivity contribution in [2.75, 3.05) is 19.8 Å². The van der Waals surface area contributed by atoms with Crippen molar-refractivity contribution in [3.8, 4) is 0 Å². The molecule has 3 heteroatoms. The van der Waals surface area contributed by atoms with Crippen LogP contribution in [0.1, 0.15) is 39.0 Å². The number of nitrogens with one attached hydrogen (secondary N) is 1. The van der Waals surface area contributed by atoms with E-state index in [2.05, 4.69) is 5.32 Å². The molecule has 0 saturated heterocycles. The second kappa shape index (κ2) is 6.82. The second-order valence-electron chi connectivity index (χ2n) is 3.93. The highest BCUT2D eigenvalue weighted by Crippen LogP contribution is 2.26. The van der Waals surface area contributed by atoms with Crippen LogP contribution >= 0.6 is 0 Å². The van der Waals surface area contributed by atoms with Crippen molar-refractivity contribution >= 4 is 5.91 Å². The summed E-state index contributed by atoms with van der Waals surface area (Å²) in [5.74, 6) is 0.868. The van der Waals surface area contributed by atoms with Crippen LogP contribution < -0.4 is 5.32 Å². The summed E-state index contributed by atoms with van der Waals surface area (Å²) in [7, 11) is 0. The quantitative estimate of drug-likeness (QED) is 0.707. The van der Waals surface area contributed by atoms with Gasteiger partial charge in [0.25, 0.3) is 0 Å². The number of rotatable bonds is 6. The maximum absolute atomic E-state index is 11.1. The van der Waals surface area contributed by atoms with E-state index in [-0.39, 0.29) is 12.5 Å².